The first-order valence-corrected chi connectivity index (χ1v) is 8.52. The fraction of sp³-hybridized carbons (Fsp3) is 0.316. The highest BCUT2D eigenvalue weighted by atomic mass is 32.2. The van der Waals surface area contributed by atoms with Gasteiger partial charge < -0.3 is 4.74 Å². The topological polar surface area (TPSA) is 21.6 Å². The van der Waals surface area contributed by atoms with Crippen molar-refractivity contribution in [2.75, 3.05) is 12.9 Å². The lowest BCUT2D eigenvalue weighted by Gasteiger charge is -2.16. The van der Waals surface area contributed by atoms with E-state index in [2.05, 4.69) is 38.1 Å². The summed E-state index contributed by atoms with van der Waals surface area (Å²) in [5, 5.41) is 0. The van der Waals surface area contributed by atoms with Crippen molar-refractivity contribution in [3.63, 3.8) is 0 Å². The van der Waals surface area contributed by atoms with Crippen LogP contribution in [0.1, 0.15) is 19.4 Å². The number of hydrogen-bond acceptors (Lipinski definition) is 3. The van der Waals surface area contributed by atoms with E-state index < -0.39 is 0 Å². The molecule has 0 aliphatic heterocycles. The molecule has 0 aliphatic carbocycles. The van der Waals surface area contributed by atoms with Crippen molar-refractivity contribution in [2.24, 2.45) is 10.9 Å². The normalized spacial score (nSPS) is 12.7. The summed E-state index contributed by atoms with van der Waals surface area (Å²) in [6.45, 7) is 4.45. The first-order valence-electron chi connectivity index (χ1n) is 7.54. The fourth-order valence-electron chi connectivity index (χ4n) is 1.98. The van der Waals surface area contributed by atoms with Crippen LogP contribution in [0.4, 0.5) is 0 Å². The summed E-state index contributed by atoms with van der Waals surface area (Å²) >= 11 is 1.86. The molecular formula is C19H23NOS. The Kier molecular flexibility index (Phi) is 6.53. The highest BCUT2D eigenvalue weighted by Crippen LogP contribution is 2.22. The lowest BCUT2D eigenvalue weighted by molar-refractivity contribution is 0.415. The second-order valence-corrected chi connectivity index (χ2v) is 6.58. The van der Waals surface area contributed by atoms with Gasteiger partial charge in [0, 0.05) is 16.9 Å². The second kappa shape index (κ2) is 8.64. The Bertz CT molecular complexity index is 578. The molecule has 2 aromatic rings. The van der Waals surface area contributed by atoms with E-state index in [0.29, 0.717) is 12.0 Å². The SMILES string of the molecule is COc1ccc(C=N[C@H](CSc2ccccc2)C(C)C)cc1. The van der Waals surface area contributed by atoms with Crippen LogP contribution in [-0.2, 0) is 0 Å². The third-order valence-corrected chi connectivity index (χ3v) is 4.58. The molecule has 2 rings (SSSR count). The Morgan fingerprint density at radius 2 is 1.73 bits per heavy atom. The molecule has 0 saturated carbocycles. The van der Waals surface area contributed by atoms with Gasteiger partial charge in [-0.05, 0) is 47.9 Å². The number of thioether (sulfide) groups is 1. The van der Waals surface area contributed by atoms with Crippen molar-refractivity contribution in [2.45, 2.75) is 24.8 Å². The van der Waals surface area contributed by atoms with Crippen LogP contribution in [0.25, 0.3) is 0 Å². The van der Waals surface area contributed by atoms with E-state index in [1.54, 1.807) is 7.11 Å². The van der Waals surface area contributed by atoms with Crippen molar-refractivity contribution in [3.8, 4) is 5.75 Å². The number of ether oxygens (including phenoxy) is 1. The summed E-state index contributed by atoms with van der Waals surface area (Å²) in [4.78, 5) is 6.08. The minimum atomic E-state index is 0.312. The Morgan fingerprint density at radius 3 is 2.32 bits per heavy atom. The lowest BCUT2D eigenvalue weighted by atomic mass is 10.1. The van der Waals surface area contributed by atoms with Crippen LogP contribution in [0.5, 0.6) is 5.75 Å². The van der Waals surface area contributed by atoms with Crippen LogP contribution < -0.4 is 4.74 Å². The second-order valence-electron chi connectivity index (χ2n) is 5.49. The molecule has 0 unspecified atom stereocenters. The largest absolute Gasteiger partial charge is 0.497 e. The molecule has 0 amide bonds. The Labute approximate surface area is 137 Å². The van der Waals surface area contributed by atoms with Crippen LogP contribution >= 0.6 is 11.8 Å². The van der Waals surface area contributed by atoms with Crippen LogP contribution in [0.15, 0.2) is 64.5 Å². The van der Waals surface area contributed by atoms with Crippen LogP contribution in [0.2, 0.25) is 0 Å². The summed E-state index contributed by atoms with van der Waals surface area (Å²) in [5.74, 6) is 2.39. The van der Waals surface area contributed by atoms with E-state index in [9.17, 15) is 0 Å². The highest BCUT2D eigenvalue weighted by Gasteiger charge is 2.11. The van der Waals surface area contributed by atoms with Crippen LogP contribution in [-0.4, -0.2) is 25.1 Å². The van der Waals surface area contributed by atoms with Crippen LogP contribution in [0.3, 0.4) is 0 Å². The lowest BCUT2D eigenvalue weighted by Crippen LogP contribution is -2.16. The maximum Gasteiger partial charge on any atom is 0.118 e. The molecule has 1 atom stereocenters. The van der Waals surface area contributed by atoms with Gasteiger partial charge in [-0.2, -0.15) is 0 Å². The van der Waals surface area contributed by atoms with Gasteiger partial charge in [-0.15, -0.1) is 11.8 Å². The summed E-state index contributed by atoms with van der Waals surface area (Å²) in [7, 11) is 1.68. The van der Waals surface area contributed by atoms with Crippen molar-refractivity contribution in [3.05, 3.63) is 60.2 Å². The molecule has 2 nitrogen and oxygen atoms in total. The molecule has 0 radical (unpaired) electrons. The minimum Gasteiger partial charge on any atom is -0.497 e. The highest BCUT2D eigenvalue weighted by molar-refractivity contribution is 7.99. The molecular weight excluding hydrogens is 290 g/mol. The number of methoxy groups -OCH3 is 1. The standard InChI is InChI=1S/C19H23NOS/c1-15(2)19(14-22-18-7-5-4-6-8-18)20-13-16-9-11-17(21-3)12-10-16/h4-13,15,19H,14H2,1-3H3/t19-/m1/s1. The van der Waals surface area contributed by atoms with Crippen molar-refractivity contribution < 1.29 is 4.74 Å². The zero-order chi connectivity index (χ0) is 15.8. The fourth-order valence-corrected chi connectivity index (χ4v) is 3.16. The van der Waals surface area contributed by atoms with E-state index >= 15 is 0 Å². The van der Waals surface area contributed by atoms with Gasteiger partial charge in [0.2, 0.25) is 0 Å². The maximum atomic E-state index is 5.17. The molecule has 22 heavy (non-hydrogen) atoms. The summed E-state index contributed by atoms with van der Waals surface area (Å²) in [5.41, 5.74) is 1.11. The summed E-state index contributed by atoms with van der Waals surface area (Å²) in [6.07, 6.45) is 1.97. The average Bonchev–Trinajstić information content (AvgIpc) is 2.56. The number of nitrogens with zero attached hydrogens (tertiary/aromatic N) is 1. The van der Waals surface area contributed by atoms with Gasteiger partial charge in [-0.3, -0.25) is 4.99 Å². The molecule has 116 valence electrons. The van der Waals surface area contributed by atoms with Gasteiger partial charge in [0.05, 0.1) is 13.2 Å². The summed E-state index contributed by atoms with van der Waals surface area (Å²) < 4.78 is 5.17. The third-order valence-electron chi connectivity index (χ3n) is 3.46. The van der Waals surface area contributed by atoms with E-state index in [1.807, 2.05) is 48.3 Å². The number of hydrogen-bond donors (Lipinski definition) is 0. The quantitative estimate of drug-likeness (QED) is 0.534. The van der Waals surface area contributed by atoms with E-state index in [-0.39, 0.29) is 0 Å². The number of rotatable bonds is 7. The Hall–Kier alpha value is -1.74. The van der Waals surface area contributed by atoms with Gasteiger partial charge >= 0.3 is 0 Å². The zero-order valence-electron chi connectivity index (χ0n) is 13.4. The first kappa shape index (κ1) is 16.6. The number of aliphatic imine (C=N–C) groups is 1. The van der Waals surface area contributed by atoms with Crippen molar-refractivity contribution >= 4 is 18.0 Å². The van der Waals surface area contributed by atoms with Crippen LogP contribution in [0, 0.1) is 5.92 Å². The van der Waals surface area contributed by atoms with E-state index in [0.717, 1.165) is 17.1 Å². The predicted molar refractivity (Wildman–Crippen MR) is 96.4 cm³/mol. The molecule has 0 heterocycles. The Balaban J connectivity index is 1.96. The van der Waals surface area contributed by atoms with E-state index in [1.165, 1.54) is 4.90 Å². The molecule has 0 saturated heterocycles. The van der Waals surface area contributed by atoms with Crippen molar-refractivity contribution in [1.82, 2.24) is 0 Å². The van der Waals surface area contributed by atoms with Gasteiger partial charge in [0.25, 0.3) is 0 Å². The molecule has 2 aromatic carbocycles. The Morgan fingerprint density at radius 1 is 1.05 bits per heavy atom. The van der Waals surface area contributed by atoms with Crippen molar-refractivity contribution in [1.29, 1.82) is 0 Å². The molecule has 0 N–H and O–H groups in total. The van der Waals surface area contributed by atoms with Gasteiger partial charge in [0.15, 0.2) is 0 Å². The zero-order valence-corrected chi connectivity index (χ0v) is 14.2. The molecule has 0 aromatic heterocycles. The summed E-state index contributed by atoms with van der Waals surface area (Å²) in [6, 6.07) is 18.8. The molecule has 0 aliphatic rings. The molecule has 3 heteroatoms. The van der Waals surface area contributed by atoms with E-state index in [4.69, 9.17) is 9.73 Å². The molecule has 0 bridgehead atoms. The number of benzene rings is 2. The van der Waals surface area contributed by atoms with Gasteiger partial charge in [-0.1, -0.05) is 32.0 Å². The van der Waals surface area contributed by atoms with Gasteiger partial charge in [0.1, 0.15) is 5.75 Å². The smallest absolute Gasteiger partial charge is 0.118 e. The maximum absolute atomic E-state index is 5.17. The minimum absolute atomic E-state index is 0.312. The van der Waals surface area contributed by atoms with Gasteiger partial charge in [-0.25, -0.2) is 0 Å². The average molecular weight is 313 g/mol. The first-order chi connectivity index (χ1) is 10.7. The monoisotopic (exact) mass is 313 g/mol. The molecule has 0 spiro atoms. The molecule has 0 fully saturated rings. The third kappa shape index (κ3) is 5.23. The predicted octanol–water partition coefficient (Wildman–Crippen LogP) is 4.93.